The van der Waals surface area contributed by atoms with E-state index in [0.29, 0.717) is 0 Å². The van der Waals surface area contributed by atoms with E-state index in [1.807, 2.05) is 12.2 Å². The molecule has 0 spiro atoms. The van der Waals surface area contributed by atoms with Crippen molar-refractivity contribution in [2.75, 3.05) is 11.4 Å². The fraction of sp³-hybridized carbons (Fsp3) is 0.238. The van der Waals surface area contributed by atoms with Crippen LogP contribution in [0.3, 0.4) is 0 Å². The number of benzene rings is 4. The molecular formula is C42H40N2O2. The Bertz CT molecular complexity index is 1920. The highest BCUT2D eigenvalue weighted by Crippen LogP contribution is 2.49. The molecule has 2 aliphatic rings. The standard InChI is InChI=1S/C42H40N2O2/c1-4-5-11-29-17-21-34(22-18-29)44-25-10-13-32-26-30(20-24-40(32)44)35(14-7-6-12-33(28-43)41(45)46)31-19-23-37-36-15-8-9-16-38(36)42(2,3)39(37)27-31/h6-9,12,14-24,26-27H,4-5,10-11,13,25H2,1-3H3,(H,45,46)/b7-6+,33-12+,35-14-. The lowest BCUT2D eigenvalue weighted by atomic mass is 9.81. The highest BCUT2D eigenvalue weighted by atomic mass is 16.4. The summed E-state index contributed by atoms with van der Waals surface area (Å²) in [6.07, 6.45) is 12.5. The van der Waals surface area contributed by atoms with Crippen molar-refractivity contribution in [3.05, 3.63) is 148 Å². The third-order valence-electron chi connectivity index (χ3n) is 9.46. The number of allylic oxidation sites excluding steroid dienone is 4. The van der Waals surface area contributed by atoms with Crippen molar-refractivity contribution in [3.63, 3.8) is 0 Å². The van der Waals surface area contributed by atoms with Crippen LogP contribution in [0.25, 0.3) is 16.7 Å². The summed E-state index contributed by atoms with van der Waals surface area (Å²) < 4.78 is 0. The van der Waals surface area contributed by atoms with Gasteiger partial charge >= 0.3 is 5.97 Å². The monoisotopic (exact) mass is 604 g/mol. The Hall–Kier alpha value is -5.14. The maximum Gasteiger partial charge on any atom is 0.346 e. The molecule has 4 aromatic rings. The average molecular weight is 605 g/mol. The van der Waals surface area contributed by atoms with E-state index < -0.39 is 5.97 Å². The Balaban J connectivity index is 1.40. The molecule has 4 aromatic carbocycles. The van der Waals surface area contributed by atoms with Crippen LogP contribution in [0.15, 0.2) is 115 Å². The van der Waals surface area contributed by atoms with E-state index in [4.69, 9.17) is 0 Å². The quantitative estimate of drug-likeness (QED) is 0.117. The third kappa shape index (κ3) is 5.94. The highest BCUT2D eigenvalue weighted by molar-refractivity contribution is 5.91. The van der Waals surface area contributed by atoms with Gasteiger partial charge in [0.2, 0.25) is 0 Å². The number of rotatable bonds is 9. The van der Waals surface area contributed by atoms with Gasteiger partial charge < -0.3 is 10.0 Å². The van der Waals surface area contributed by atoms with E-state index in [9.17, 15) is 15.2 Å². The van der Waals surface area contributed by atoms with Gasteiger partial charge in [-0.15, -0.1) is 0 Å². The number of aliphatic carboxylic acids is 1. The molecule has 0 atom stereocenters. The maximum atomic E-state index is 11.3. The smallest absolute Gasteiger partial charge is 0.346 e. The van der Waals surface area contributed by atoms with Gasteiger partial charge in [-0.1, -0.05) is 100 Å². The van der Waals surface area contributed by atoms with E-state index in [0.717, 1.165) is 42.5 Å². The van der Waals surface area contributed by atoms with Gasteiger partial charge in [-0.3, -0.25) is 0 Å². The predicted octanol–water partition coefficient (Wildman–Crippen LogP) is 9.94. The van der Waals surface area contributed by atoms with Crippen LogP contribution in [0.4, 0.5) is 11.4 Å². The molecule has 0 aromatic heterocycles. The van der Waals surface area contributed by atoms with E-state index >= 15 is 0 Å². The van der Waals surface area contributed by atoms with Crippen molar-refractivity contribution in [2.24, 2.45) is 0 Å². The van der Waals surface area contributed by atoms with Crippen molar-refractivity contribution in [2.45, 2.75) is 58.3 Å². The van der Waals surface area contributed by atoms with Crippen molar-refractivity contribution >= 4 is 22.9 Å². The first-order valence-electron chi connectivity index (χ1n) is 16.3. The lowest BCUT2D eigenvalue weighted by molar-refractivity contribution is -0.132. The number of hydrogen-bond donors (Lipinski definition) is 1. The van der Waals surface area contributed by atoms with Gasteiger partial charge in [-0.05, 0) is 112 Å². The zero-order valence-corrected chi connectivity index (χ0v) is 26.9. The van der Waals surface area contributed by atoms with Crippen molar-refractivity contribution in [3.8, 4) is 17.2 Å². The van der Waals surface area contributed by atoms with Crippen LogP contribution in [0.2, 0.25) is 0 Å². The number of carboxylic acids is 1. The van der Waals surface area contributed by atoms with Crippen LogP contribution < -0.4 is 4.90 Å². The number of unbranched alkanes of at least 4 members (excludes halogenated alkanes) is 1. The summed E-state index contributed by atoms with van der Waals surface area (Å²) in [5, 5.41) is 18.5. The molecule has 0 saturated heterocycles. The summed E-state index contributed by atoms with van der Waals surface area (Å²) in [5.74, 6) is -1.23. The Labute approximate surface area is 272 Å². The minimum Gasteiger partial charge on any atom is -0.477 e. The second-order valence-electron chi connectivity index (χ2n) is 12.8. The topological polar surface area (TPSA) is 64.3 Å². The number of carbonyl (C=O) groups is 1. The summed E-state index contributed by atoms with van der Waals surface area (Å²) in [6.45, 7) is 7.79. The fourth-order valence-corrected chi connectivity index (χ4v) is 6.95. The number of fused-ring (bicyclic) bond motifs is 4. The molecule has 0 fully saturated rings. The molecule has 46 heavy (non-hydrogen) atoms. The van der Waals surface area contributed by atoms with Crippen LogP contribution >= 0.6 is 0 Å². The van der Waals surface area contributed by atoms with Crippen molar-refractivity contribution in [1.29, 1.82) is 5.26 Å². The zero-order valence-electron chi connectivity index (χ0n) is 26.9. The Morgan fingerprint density at radius 1 is 0.913 bits per heavy atom. The molecule has 0 saturated carbocycles. The van der Waals surface area contributed by atoms with Crippen LogP contribution in [-0.2, 0) is 23.1 Å². The summed E-state index contributed by atoms with van der Waals surface area (Å²) in [5.41, 5.74) is 13.2. The lowest BCUT2D eigenvalue weighted by Gasteiger charge is -2.32. The maximum absolute atomic E-state index is 11.3. The molecule has 1 aliphatic heterocycles. The molecule has 0 radical (unpaired) electrons. The van der Waals surface area contributed by atoms with Gasteiger partial charge in [0.25, 0.3) is 0 Å². The van der Waals surface area contributed by atoms with Crippen LogP contribution in [-0.4, -0.2) is 17.6 Å². The highest BCUT2D eigenvalue weighted by Gasteiger charge is 2.35. The van der Waals surface area contributed by atoms with Crippen molar-refractivity contribution < 1.29 is 9.90 Å². The first-order chi connectivity index (χ1) is 22.3. The molecule has 0 unspecified atom stereocenters. The Kier molecular flexibility index (Phi) is 8.77. The van der Waals surface area contributed by atoms with Gasteiger partial charge in [0, 0.05) is 23.3 Å². The molecule has 0 bridgehead atoms. The summed E-state index contributed by atoms with van der Waals surface area (Å²) in [6, 6.07) is 33.0. The number of nitriles is 1. The lowest BCUT2D eigenvalue weighted by Crippen LogP contribution is -2.24. The minimum atomic E-state index is -1.23. The van der Waals surface area contributed by atoms with E-state index in [-0.39, 0.29) is 11.0 Å². The Morgan fingerprint density at radius 3 is 2.39 bits per heavy atom. The van der Waals surface area contributed by atoms with Gasteiger partial charge in [0.1, 0.15) is 11.6 Å². The molecule has 4 heteroatoms. The SMILES string of the molecule is CCCCc1ccc(N2CCCc3cc(/C(=C/C=C/C=C(\C#N)C(=O)O)c4ccc5c(c4)C(C)(C)c4ccccc4-5)ccc32)cc1. The molecule has 1 aliphatic carbocycles. The Morgan fingerprint density at radius 2 is 1.63 bits per heavy atom. The molecular weight excluding hydrogens is 564 g/mol. The number of carboxylic acid groups (broad SMARTS) is 1. The molecule has 1 heterocycles. The van der Waals surface area contributed by atoms with Gasteiger partial charge in [-0.25, -0.2) is 4.79 Å². The third-order valence-corrected chi connectivity index (χ3v) is 9.46. The van der Waals surface area contributed by atoms with Crippen LogP contribution in [0.5, 0.6) is 0 Å². The molecule has 6 rings (SSSR count). The predicted molar refractivity (Wildman–Crippen MR) is 188 cm³/mol. The molecule has 230 valence electrons. The van der Waals surface area contributed by atoms with Gasteiger partial charge in [-0.2, -0.15) is 5.26 Å². The number of anilines is 2. The normalized spacial score (nSPS) is 15.3. The number of aryl methyl sites for hydroxylation is 2. The van der Waals surface area contributed by atoms with Crippen molar-refractivity contribution in [1.82, 2.24) is 0 Å². The molecule has 0 amide bonds. The second kappa shape index (κ2) is 13.1. The second-order valence-corrected chi connectivity index (χ2v) is 12.8. The van der Waals surface area contributed by atoms with Crippen LogP contribution in [0, 0.1) is 11.3 Å². The van der Waals surface area contributed by atoms with Gasteiger partial charge in [0.05, 0.1) is 0 Å². The number of hydrogen-bond acceptors (Lipinski definition) is 3. The van der Waals surface area contributed by atoms with E-state index in [1.54, 1.807) is 12.1 Å². The first kappa shape index (κ1) is 30.9. The first-order valence-corrected chi connectivity index (χ1v) is 16.3. The summed E-state index contributed by atoms with van der Waals surface area (Å²) in [4.78, 5) is 13.8. The summed E-state index contributed by atoms with van der Waals surface area (Å²) >= 11 is 0. The van der Waals surface area contributed by atoms with Crippen LogP contribution in [0.1, 0.15) is 73.4 Å². The molecule has 4 nitrogen and oxygen atoms in total. The average Bonchev–Trinajstić information content (AvgIpc) is 3.30. The fourth-order valence-electron chi connectivity index (χ4n) is 6.95. The number of nitrogens with zero attached hydrogens (tertiary/aromatic N) is 2. The zero-order chi connectivity index (χ0) is 32.3. The summed E-state index contributed by atoms with van der Waals surface area (Å²) in [7, 11) is 0. The minimum absolute atomic E-state index is 0.128. The largest absolute Gasteiger partial charge is 0.477 e. The van der Waals surface area contributed by atoms with E-state index in [2.05, 4.69) is 111 Å². The molecule has 1 N–H and O–H groups in total. The van der Waals surface area contributed by atoms with Gasteiger partial charge in [0.15, 0.2) is 0 Å². The van der Waals surface area contributed by atoms with E-state index in [1.165, 1.54) is 63.7 Å².